The first kappa shape index (κ1) is 12.0. The number of aryl methyl sites for hydroxylation is 1. The molecule has 0 radical (unpaired) electrons. The Morgan fingerprint density at radius 1 is 1.00 bits per heavy atom. The van der Waals surface area contributed by atoms with Crippen molar-refractivity contribution in [3.63, 3.8) is 0 Å². The zero-order valence-corrected chi connectivity index (χ0v) is 10.6. The normalized spacial score (nSPS) is 10.2. The maximum absolute atomic E-state index is 5.83. The first-order valence-electron chi connectivity index (χ1n) is 5.80. The summed E-state index contributed by atoms with van der Waals surface area (Å²) in [5.74, 6) is 1.68. The van der Waals surface area contributed by atoms with Crippen LogP contribution in [0.3, 0.4) is 0 Å². The molecule has 0 saturated heterocycles. The topological polar surface area (TPSA) is 9.23 Å². The maximum Gasteiger partial charge on any atom is 0.127 e. The van der Waals surface area contributed by atoms with E-state index in [4.69, 9.17) is 16.3 Å². The van der Waals surface area contributed by atoms with Crippen LogP contribution in [-0.4, -0.2) is 0 Å². The molecule has 2 aromatic carbocycles. The molecule has 0 amide bonds. The average molecular weight is 247 g/mol. The van der Waals surface area contributed by atoms with E-state index in [2.05, 4.69) is 19.1 Å². The molecule has 0 aromatic heterocycles. The van der Waals surface area contributed by atoms with Crippen LogP contribution < -0.4 is 4.74 Å². The lowest BCUT2D eigenvalue weighted by Gasteiger charge is -2.07. The number of ether oxygens (including phenoxy) is 1. The minimum atomic E-state index is 0.720. The highest BCUT2D eigenvalue weighted by atomic mass is 35.5. The van der Waals surface area contributed by atoms with Crippen molar-refractivity contribution >= 4 is 11.6 Å². The third-order valence-electron chi connectivity index (χ3n) is 2.49. The Hall–Kier alpha value is -1.47. The van der Waals surface area contributed by atoms with Crippen molar-refractivity contribution in [1.82, 2.24) is 0 Å². The third kappa shape index (κ3) is 3.50. The summed E-state index contributed by atoms with van der Waals surface area (Å²) in [5, 5.41) is 0.720. The predicted molar refractivity (Wildman–Crippen MR) is 72.0 cm³/mol. The molecule has 0 fully saturated rings. The largest absolute Gasteiger partial charge is 0.457 e. The molecule has 1 nitrogen and oxygen atoms in total. The fourth-order valence-corrected chi connectivity index (χ4v) is 1.82. The highest BCUT2D eigenvalue weighted by Crippen LogP contribution is 2.24. The van der Waals surface area contributed by atoms with E-state index in [9.17, 15) is 0 Å². The first-order valence-corrected chi connectivity index (χ1v) is 6.18. The van der Waals surface area contributed by atoms with E-state index in [-0.39, 0.29) is 0 Å². The summed E-state index contributed by atoms with van der Waals surface area (Å²) in [6.45, 7) is 2.17. The van der Waals surface area contributed by atoms with Crippen LogP contribution >= 0.6 is 11.6 Å². The average Bonchev–Trinajstić information content (AvgIpc) is 2.33. The van der Waals surface area contributed by atoms with Crippen molar-refractivity contribution in [1.29, 1.82) is 0 Å². The lowest BCUT2D eigenvalue weighted by Crippen LogP contribution is -1.87. The minimum absolute atomic E-state index is 0.720. The quantitative estimate of drug-likeness (QED) is 0.731. The van der Waals surface area contributed by atoms with Crippen molar-refractivity contribution < 1.29 is 4.74 Å². The fourth-order valence-electron chi connectivity index (χ4n) is 1.69. The molecule has 2 aromatic rings. The van der Waals surface area contributed by atoms with Crippen LogP contribution in [0.1, 0.15) is 18.9 Å². The molecule has 88 valence electrons. The molecule has 2 rings (SSSR count). The molecule has 0 aliphatic carbocycles. The Balaban J connectivity index is 2.12. The van der Waals surface area contributed by atoms with Gasteiger partial charge in [0.25, 0.3) is 0 Å². The van der Waals surface area contributed by atoms with Crippen molar-refractivity contribution in [2.75, 3.05) is 0 Å². The van der Waals surface area contributed by atoms with Gasteiger partial charge in [0.15, 0.2) is 0 Å². The Bertz CT molecular complexity index is 477. The van der Waals surface area contributed by atoms with E-state index in [1.165, 1.54) is 5.56 Å². The molecule has 0 unspecified atom stereocenters. The van der Waals surface area contributed by atoms with Crippen molar-refractivity contribution in [3.8, 4) is 11.5 Å². The van der Waals surface area contributed by atoms with E-state index in [1.54, 1.807) is 0 Å². The lowest BCUT2D eigenvalue weighted by atomic mass is 10.1. The summed E-state index contributed by atoms with van der Waals surface area (Å²) < 4.78 is 5.76. The van der Waals surface area contributed by atoms with Crippen LogP contribution in [0.25, 0.3) is 0 Å². The van der Waals surface area contributed by atoms with Gasteiger partial charge in [0.1, 0.15) is 11.5 Å². The molecule has 0 aliphatic heterocycles. The van der Waals surface area contributed by atoms with Gasteiger partial charge in [0.05, 0.1) is 0 Å². The second-order valence-corrected chi connectivity index (χ2v) is 4.39. The van der Waals surface area contributed by atoms with Gasteiger partial charge in [-0.1, -0.05) is 37.1 Å². The van der Waals surface area contributed by atoms with Gasteiger partial charge < -0.3 is 4.74 Å². The van der Waals surface area contributed by atoms with Crippen LogP contribution in [0, 0.1) is 0 Å². The second-order valence-electron chi connectivity index (χ2n) is 3.95. The van der Waals surface area contributed by atoms with Crippen LogP contribution in [-0.2, 0) is 6.42 Å². The van der Waals surface area contributed by atoms with Gasteiger partial charge in [-0.3, -0.25) is 0 Å². The zero-order chi connectivity index (χ0) is 12.1. The van der Waals surface area contributed by atoms with E-state index in [0.29, 0.717) is 0 Å². The standard InChI is InChI=1S/C15H15ClO/c1-2-4-12-5-3-6-15(11-12)17-14-9-7-13(16)8-10-14/h3,5-11H,2,4H2,1H3. The van der Waals surface area contributed by atoms with Crippen LogP contribution in [0.4, 0.5) is 0 Å². The third-order valence-corrected chi connectivity index (χ3v) is 2.74. The Labute approximate surface area is 107 Å². The van der Waals surface area contributed by atoms with Crippen LogP contribution in [0.15, 0.2) is 48.5 Å². The van der Waals surface area contributed by atoms with Gasteiger partial charge >= 0.3 is 0 Å². The molecule has 0 atom stereocenters. The summed E-state index contributed by atoms with van der Waals surface area (Å²) in [5.41, 5.74) is 1.30. The highest BCUT2D eigenvalue weighted by Gasteiger charge is 1.98. The zero-order valence-electron chi connectivity index (χ0n) is 9.82. The van der Waals surface area contributed by atoms with Crippen molar-refractivity contribution in [2.45, 2.75) is 19.8 Å². The molecule has 0 N–H and O–H groups in total. The fraction of sp³-hybridized carbons (Fsp3) is 0.200. The molecule has 0 aliphatic rings. The number of benzene rings is 2. The van der Waals surface area contributed by atoms with Crippen molar-refractivity contribution in [3.05, 3.63) is 59.1 Å². The number of rotatable bonds is 4. The van der Waals surface area contributed by atoms with Gasteiger partial charge in [0.2, 0.25) is 0 Å². The predicted octanol–water partition coefficient (Wildman–Crippen LogP) is 5.08. The van der Waals surface area contributed by atoms with Gasteiger partial charge in [-0.15, -0.1) is 0 Å². The number of halogens is 1. The molecule has 0 heterocycles. The smallest absolute Gasteiger partial charge is 0.127 e. The monoisotopic (exact) mass is 246 g/mol. The van der Waals surface area contributed by atoms with E-state index >= 15 is 0 Å². The summed E-state index contributed by atoms with van der Waals surface area (Å²) in [4.78, 5) is 0. The molecule has 2 heteroatoms. The van der Waals surface area contributed by atoms with E-state index < -0.39 is 0 Å². The minimum Gasteiger partial charge on any atom is -0.457 e. The Morgan fingerprint density at radius 3 is 2.47 bits per heavy atom. The summed E-state index contributed by atoms with van der Waals surface area (Å²) in [7, 11) is 0. The highest BCUT2D eigenvalue weighted by molar-refractivity contribution is 6.30. The van der Waals surface area contributed by atoms with Crippen LogP contribution in [0.2, 0.25) is 5.02 Å². The second kappa shape index (κ2) is 5.74. The maximum atomic E-state index is 5.83. The SMILES string of the molecule is CCCc1cccc(Oc2ccc(Cl)cc2)c1. The molecular weight excluding hydrogens is 232 g/mol. The molecule has 0 spiro atoms. The molecule has 17 heavy (non-hydrogen) atoms. The Morgan fingerprint density at radius 2 is 1.76 bits per heavy atom. The lowest BCUT2D eigenvalue weighted by molar-refractivity contribution is 0.482. The van der Waals surface area contributed by atoms with Gasteiger partial charge in [-0.05, 0) is 48.4 Å². The summed E-state index contributed by atoms with van der Waals surface area (Å²) >= 11 is 5.83. The van der Waals surface area contributed by atoms with Gasteiger partial charge in [-0.25, -0.2) is 0 Å². The number of hydrogen-bond acceptors (Lipinski definition) is 1. The molecule has 0 saturated carbocycles. The number of hydrogen-bond donors (Lipinski definition) is 0. The van der Waals surface area contributed by atoms with E-state index in [0.717, 1.165) is 29.4 Å². The summed E-state index contributed by atoms with van der Waals surface area (Å²) in [6.07, 6.45) is 2.22. The molecular formula is C15H15ClO. The van der Waals surface area contributed by atoms with Crippen molar-refractivity contribution in [2.24, 2.45) is 0 Å². The van der Waals surface area contributed by atoms with Crippen LogP contribution in [0.5, 0.6) is 11.5 Å². The van der Waals surface area contributed by atoms with Gasteiger partial charge in [0, 0.05) is 5.02 Å². The first-order chi connectivity index (χ1) is 8.28. The Kier molecular flexibility index (Phi) is 4.05. The van der Waals surface area contributed by atoms with Gasteiger partial charge in [-0.2, -0.15) is 0 Å². The van der Waals surface area contributed by atoms with E-state index in [1.807, 2.05) is 36.4 Å². The molecule has 0 bridgehead atoms. The summed E-state index contributed by atoms with van der Waals surface area (Å²) in [6, 6.07) is 15.6.